The maximum absolute atomic E-state index is 12.7. The fourth-order valence-electron chi connectivity index (χ4n) is 2.93. The minimum Gasteiger partial charge on any atom is -0.358 e. The first kappa shape index (κ1) is 15.3. The lowest BCUT2D eigenvalue weighted by atomic mass is 10.1. The second kappa shape index (κ2) is 5.92. The Kier molecular flexibility index (Phi) is 3.95. The third kappa shape index (κ3) is 2.87. The summed E-state index contributed by atoms with van der Waals surface area (Å²) in [4.78, 5) is 17.9. The number of hydrogen-bond acceptors (Lipinski definition) is 1. The van der Waals surface area contributed by atoms with Gasteiger partial charge in [-0.25, -0.2) is 0 Å². The predicted octanol–water partition coefficient (Wildman–Crippen LogP) is 4.37. The molecule has 23 heavy (non-hydrogen) atoms. The monoisotopic (exact) mass is 306 g/mol. The lowest BCUT2D eigenvalue weighted by Gasteiger charge is -2.18. The number of aromatic nitrogens is 1. The Morgan fingerprint density at radius 1 is 1.09 bits per heavy atom. The largest absolute Gasteiger partial charge is 0.358 e. The Labute approximate surface area is 136 Å². The summed E-state index contributed by atoms with van der Waals surface area (Å²) in [5, 5.41) is 1.12. The lowest BCUT2D eigenvalue weighted by molar-refractivity contribution is 0.0785. The van der Waals surface area contributed by atoms with Crippen molar-refractivity contribution in [2.45, 2.75) is 27.3 Å². The summed E-state index contributed by atoms with van der Waals surface area (Å²) in [5.74, 6) is 0.0495. The van der Waals surface area contributed by atoms with E-state index >= 15 is 0 Å². The summed E-state index contributed by atoms with van der Waals surface area (Å²) in [6, 6.07) is 14.1. The van der Waals surface area contributed by atoms with Gasteiger partial charge in [-0.1, -0.05) is 24.3 Å². The molecule has 1 amide bonds. The van der Waals surface area contributed by atoms with Crippen molar-refractivity contribution in [3.05, 3.63) is 70.4 Å². The first-order valence-electron chi connectivity index (χ1n) is 7.86. The van der Waals surface area contributed by atoms with Crippen molar-refractivity contribution in [2.75, 3.05) is 7.05 Å². The molecule has 2 aromatic carbocycles. The van der Waals surface area contributed by atoms with E-state index in [1.54, 1.807) is 4.90 Å². The molecule has 0 spiro atoms. The van der Waals surface area contributed by atoms with Crippen molar-refractivity contribution >= 4 is 16.8 Å². The normalized spacial score (nSPS) is 11.0. The van der Waals surface area contributed by atoms with Crippen molar-refractivity contribution in [1.82, 2.24) is 9.88 Å². The molecule has 0 aliphatic carbocycles. The number of hydrogen-bond donors (Lipinski definition) is 1. The zero-order chi connectivity index (χ0) is 16.6. The van der Waals surface area contributed by atoms with Crippen molar-refractivity contribution in [1.29, 1.82) is 0 Å². The molecule has 3 rings (SSSR count). The highest BCUT2D eigenvalue weighted by Gasteiger charge is 2.14. The maximum atomic E-state index is 12.7. The molecule has 1 heterocycles. The van der Waals surface area contributed by atoms with Crippen LogP contribution in [0.1, 0.15) is 32.7 Å². The molecule has 0 fully saturated rings. The summed E-state index contributed by atoms with van der Waals surface area (Å²) in [6.45, 7) is 6.83. The van der Waals surface area contributed by atoms with Gasteiger partial charge in [0.05, 0.1) is 0 Å². The van der Waals surface area contributed by atoms with Crippen molar-refractivity contribution in [3.8, 4) is 0 Å². The highest BCUT2D eigenvalue weighted by molar-refractivity contribution is 5.98. The van der Waals surface area contributed by atoms with Gasteiger partial charge >= 0.3 is 0 Å². The molecule has 3 nitrogen and oxygen atoms in total. The lowest BCUT2D eigenvalue weighted by Crippen LogP contribution is -2.26. The van der Waals surface area contributed by atoms with Crippen LogP contribution < -0.4 is 0 Å². The van der Waals surface area contributed by atoms with Crippen LogP contribution in [0.3, 0.4) is 0 Å². The van der Waals surface area contributed by atoms with E-state index < -0.39 is 0 Å². The van der Waals surface area contributed by atoms with Gasteiger partial charge in [0.1, 0.15) is 0 Å². The van der Waals surface area contributed by atoms with Gasteiger partial charge in [-0.15, -0.1) is 0 Å². The number of H-pyrrole nitrogens is 1. The van der Waals surface area contributed by atoms with Crippen LogP contribution in [-0.2, 0) is 6.54 Å². The highest BCUT2D eigenvalue weighted by Crippen LogP contribution is 2.23. The smallest absolute Gasteiger partial charge is 0.253 e. The molecule has 0 aliphatic rings. The van der Waals surface area contributed by atoms with Crippen LogP contribution in [0.15, 0.2) is 42.5 Å². The number of carbonyl (C=O) groups excluding carboxylic acids is 1. The Morgan fingerprint density at radius 3 is 2.57 bits per heavy atom. The molecule has 0 saturated heterocycles. The molecule has 0 saturated carbocycles. The Balaban J connectivity index is 1.87. The SMILES string of the molecule is Cc1ccccc1CN(C)C(=O)c1ccc2[nH]c(C)c(C)c2c1. The number of nitrogens with zero attached hydrogens (tertiary/aromatic N) is 1. The summed E-state index contributed by atoms with van der Waals surface area (Å²) in [5.41, 5.74) is 6.56. The first-order chi connectivity index (χ1) is 11.0. The van der Waals surface area contributed by atoms with Crippen LogP contribution in [0.4, 0.5) is 0 Å². The van der Waals surface area contributed by atoms with Gasteiger partial charge in [0.25, 0.3) is 5.91 Å². The van der Waals surface area contributed by atoms with Crippen molar-refractivity contribution < 1.29 is 4.79 Å². The summed E-state index contributed by atoms with van der Waals surface area (Å²) < 4.78 is 0. The van der Waals surface area contributed by atoms with Gasteiger partial charge in [0.2, 0.25) is 0 Å². The molecule has 0 aliphatic heterocycles. The Morgan fingerprint density at radius 2 is 1.83 bits per heavy atom. The fraction of sp³-hybridized carbons (Fsp3) is 0.250. The first-order valence-corrected chi connectivity index (χ1v) is 7.86. The molecule has 0 bridgehead atoms. The molecule has 0 unspecified atom stereocenters. The number of carbonyl (C=O) groups is 1. The molecule has 0 atom stereocenters. The van der Waals surface area contributed by atoms with Gasteiger partial charge in [-0.2, -0.15) is 0 Å². The third-order valence-corrected chi connectivity index (χ3v) is 4.57. The molecule has 3 heteroatoms. The molecule has 1 aromatic heterocycles. The second-order valence-corrected chi connectivity index (χ2v) is 6.22. The average Bonchev–Trinajstić information content (AvgIpc) is 2.83. The number of fused-ring (bicyclic) bond motifs is 1. The van der Waals surface area contributed by atoms with E-state index in [2.05, 4.69) is 37.9 Å². The molecule has 118 valence electrons. The minimum absolute atomic E-state index is 0.0495. The van der Waals surface area contributed by atoms with Gasteiger partial charge < -0.3 is 9.88 Å². The Bertz CT molecular complexity index is 876. The van der Waals surface area contributed by atoms with Crippen LogP contribution in [0.5, 0.6) is 0 Å². The molecule has 0 radical (unpaired) electrons. The summed E-state index contributed by atoms with van der Waals surface area (Å²) >= 11 is 0. The summed E-state index contributed by atoms with van der Waals surface area (Å²) in [6.07, 6.45) is 0. The van der Waals surface area contributed by atoms with Crippen molar-refractivity contribution in [2.24, 2.45) is 0 Å². The topological polar surface area (TPSA) is 36.1 Å². The quantitative estimate of drug-likeness (QED) is 0.766. The van der Waals surface area contributed by atoms with E-state index in [0.717, 1.165) is 22.2 Å². The van der Waals surface area contributed by atoms with E-state index in [-0.39, 0.29) is 5.91 Å². The van der Waals surface area contributed by atoms with E-state index in [9.17, 15) is 4.79 Å². The van der Waals surface area contributed by atoms with Gasteiger partial charge in [-0.3, -0.25) is 4.79 Å². The Hall–Kier alpha value is -2.55. The predicted molar refractivity (Wildman–Crippen MR) is 94.7 cm³/mol. The number of aryl methyl sites for hydroxylation is 3. The fourth-order valence-corrected chi connectivity index (χ4v) is 2.93. The highest BCUT2D eigenvalue weighted by atomic mass is 16.2. The maximum Gasteiger partial charge on any atom is 0.253 e. The summed E-state index contributed by atoms with van der Waals surface area (Å²) in [7, 11) is 1.86. The second-order valence-electron chi connectivity index (χ2n) is 6.22. The van der Waals surface area contributed by atoms with Crippen LogP contribution in [-0.4, -0.2) is 22.8 Å². The minimum atomic E-state index is 0.0495. The van der Waals surface area contributed by atoms with E-state index in [0.29, 0.717) is 6.54 Å². The van der Waals surface area contributed by atoms with E-state index in [4.69, 9.17) is 0 Å². The van der Waals surface area contributed by atoms with Crippen LogP contribution in [0, 0.1) is 20.8 Å². The zero-order valence-corrected chi connectivity index (χ0v) is 14.1. The zero-order valence-electron chi connectivity index (χ0n) is 14.1. The van der Waals surface area contributed by atoms with Crippen molar-refractivity contribution in [3.63, 3.8) is 0 Å². The molecule has 1 N–H and O–H groups in total. The van der Waals surface area contributed by atoms with Crippen LogP contribution >= 0.6 is 0 Å². The van der Waals surface area contributed by atoms with Crippen LogP contribution in [0.2, 0.25) is 0 Å². The van der Waals surface area contributed by atoms with Gasteiger partial charge in [0, 0.05) is 35.8 Å². The van der Waals surface area contributed by atoms with Crippen LogP contribution in [0.25, 0.3) is 10.9 Å². The van der Waals surface area contributed by atoms with Gasteiger partial charge in [0.15, 0.2) is 0 Å². The average molecular weight is 306 g/mol. The molecular formula is C20H22N2O. The van der Waals surface area contributed by atoms with E-state index in [1.807, 2.05) is 37.4 Å². The van der Waals surface area contributed by atoms with E-state index in [1.165, 1.54) is 16.7 Å². The van der Waals surface area contributed by atoms with Gasteiger partial charge in [-0.05, 0) is 55.7 Å². The molecule has 3 aromatic rings. The number of rotatable bonds is 3. The standard InChI is InChI=1S/C20H22N2O/c1-13-7-5-6-8-17(13)12-22(4)20(23)16-9-10-19-18(11-16)14(2)15(3)21-19/h5-11,21H,12H2,1-4H3. The molecular weight excluding hydrogens is 284 g/mol. The number of benzene rings is 2. The number of aromatic amines is 1. The third-order valence-electron chi connectivity index (χ3n) is 4.57. The number of nitrogens with one attached hydrogen (secondary N) is 1. The number of amides is 1.